The Hall–Kier alpha value is -1.24. The summed E-state index contributed by atoms with van der Waals surface area (Å²) in [5.74, 6) is 1.27. The average Bonchev–Trinajstić information content (AvgIpc) is 2.34. The van der Waals surface area contributed by atoms with Crippen LogP contribution in [0.2, 0.25) is 0 Å². The summed E-state index contributed by atoms with van der Waals surface area (Å²) in [4.78, 5) is 4.22. The highest BCUT2D eigenvalue weighted by molar-refractivity contribution is 14.0. The number of benzene rings is 1. The molecule has 100 valence electrons. The van der Waals surface area contributed by atoms with Crippen molar-refractivity contribution in [2.75, 3.05) is 13.7 Å². The molecule has 0 spiro atoms. The highest BCUT2D eigenvalue weighted by Gasteiger charge is 1.94. The summed E-state index contributed by atoms with van der Waals surface area (Å²) in [5.41, 5.74) is 7.81. The van der Waals surface area contributed by atoms with Crippen molar-refractivity contribution in [1.29, 1.82) is 0 Å². The van der Waals surface area contributed by atoms with E-state index in [1.165, 1.54) is 0 Å². The van der Waals surface area contributed by atoms with Gasteiger partial charge in [-0.2, -0.15) is 0 Å². The van der Waals surface area contributed by atoms with E-state index >= 15 is 0 Å². The van der Waals surface area contributed by atoms with Gasteiger partial charge >= 0.3 is 0 Å². The number of ether oxygens (including phenoxy) is 1. The Morgan fingerprint density at radius 2 is 2.00 bits per heavy atom. The minimum absolute atomic E-state index is 0. The molecule has 0 unspecified atom stereocenters. The van der Waals surface area contributed by atoms with E-state index in [2.05, 4.69) is 16.9 Å². The molecule has 0 radical (unpaired) electrons. The lowest BCUT2D eigenvalue weighted by molar-refractivity contribution is 0.414. The van der Waals surface area contributed by atoms with Gasteiger partial charge in [-0.3, -0.25) is 0 Å². The number of methoxy groups -OCH3 is 1. The monoisotopic (exact) mass is 361 g/mol. The van der Waals surface area contributed by atoms with E-state index in [1.54, 1.807) is 7.11 Å². The molecule has 18 heavy (non-hydrogen) atoms. The van der Waals surface area contributed by atoms with E-state index in [-0.39, 0.29) is 24.0 Å². The molecule has 0 aromatic heterocycles. The standard InChI is InChI=1S/C13H19N3O.HI/c1-10(2)8-15-13(14)16-9-11-4-6-12(17-3)7-5-11;/h4-7H,1,8-9H2,2-3H3,(H3,14,15,16);1H. The third kappa shape index (κ3) is 6.48. The van der Waals surface area contributed by atoms with Gasteiger partial charge in [-0.25, -0.2) is 4.99 Å². The predicted octanol–water partition coefficient (Wildman–Crippen LogP) is 2.29. The molecule has 0 aliphatic rings. The van der Waals surface area contributed by atoms with Crippen LogP contribution in [0.4, 0.5) is 0 Å². The summed E-state index contributed by atoms with van der Waals surface area (Å²) >= 11 is 0. The van der Waals surface area contributed by atoms with Crippen LogP contribution in [0.3, 0.4) is 0 Å². The Balaban J connectivity index is 0.00000289. The highest BCUT2D eigenvalue weighted by atomic mass is 127. The fraction of sp³-hybridized carbons (Fsp3) is 0.308. The fourth-order valence-electron chi connectivity index (χ4n) is 1.20. The molecule has 0 saturated heterocycles. The van der Waals surface area contributed by atoms with E-state index in [0.29, 0.717) is 19.0 Å². The van der Waals surface area contributed by atoms with Crippen molar-refractivity contribution in [3.05, 3.63) is 42.0 Å². The zero-order chi connectivity index (χ0) is 12.7. The van der Waals surface area contributed by atoms with Crippen molar-refractivity contribution in [3.63, 3.8) is 0 Å². The van der Waals surface area contributed by atoms with Gasteiger partial charge < -0.3 is 15.8 Å². The number of nitrogens with zero attached hydrogens (tertiary/aromatic N) is 1. The third-order valence-corrected chi connectivity index (χ3v) is 2.16. The number of nitrogens with one attached hydrogen (secondary N) is 1. The Bertz CT molecular complexity index is 401. The van der Waals surface area contributed by atoms with Crippen LogP contribution < -0.4 is 15.8 Å². The van der Waals surface area contributed by atoms with Gasteiger partial charge in [0.25, 0.3) is 0 Å². The van der Waals surface area contributed by atoms with Crippen LogP contribution in [0.15, 0.2) is 41.4 Å². The topological polar surface area (TPSA) is 59.6 Å². The van der Waals surface area contributed by atoms with Crippen LogP contribution in [0.25, 0.3) is 0 Å². The van der Waals surface area contributed by atoms with Crippen LogP contribution >= 0.6 is 24.0 Å². The fourth-order valence-corrected chi connectivity index (χ4v) is 1.20. The summed E-state index contributed by atoms with van der Waals surface area (Å²) in [5, 5.41) is 2.98. The number of rotatable bonds is 5. The average molecular weight is 361 g/mol. The second-order valence-corrected chi connectivity index (χ2v) is 3.86. The van der Waals surface area contributed by atoms with Crippen molar-refractivity contribution in [2.24, 2.45) is 10.7 Å². The minimum atomic E-state index is 0. The number of hydrogen-bond acceptors (Lipinski definition) is 2. The first-order valence-electron chi connectivity index (χ1n) is 5.43. The van der Waals surface area contributed by atoms with E-state index < -0.39 is 0 Å². The van der Waals surface area contributed by atoms with Gasteiger partial charge in [-0.05, 0) is 24.6 Å². The second-order valence-electron chi connectivity index (χ2n) is 3.86. The van der Waals surface area contributed by atoms with Crippen LogP contribution in [-0.2, 0) is 6.54 Å². The summed E-state index contributed by atoms with van der Waals surface area (Å²) in [6.07, 6.45) is 0. The van der Waals surface area contributed by atoms with E-state index in [9.17, 15) is 0 Å². The zero-order valence-electron chi connectivity index (χ0n) is 10.8. The lowest BCUT2D eigenvalue weighted by Gasteiger charge is -2.05. The molecule has 0 bridgehead atoms. The van der Waals surface area contributed by atoms with Crippen LogP contribution in [0.5, 0.6) is 5.75 Å². The van der Waals surface area contributed by atoms with Gasteiger partial charge in [0, 0.05) is 6.54 Å². The van der Waals surface area contributed by atoms with Gasteiger partial charge in [-0.1, -0.05) is 24.3 Å². The molecular weight excluding hydrogens is 341 g/mol. The SMILES string of the molecule is C=C(C)CNC(N)=NCc1ccc(OC)cc1.I. The zero-order valence-corrected chi connectivity index (χ0v) is 13.1. The summed E-state index contributed by atoms with van der Waals surface area (Å²) < 4.78 is 5.08. The van der Waals surface area contributed by atoms with Gasteiger partial charge in [0.2, 0.25) is 0 Å². The van der Waals surface area contributed by atoms with Crippen molar-refractivity contribution < 1.29 is 4.74 Å². The molecular formula is C13H20IN3O. The van der Waals surface area contributed by atoms with Crippen molar-refractivity contribution in [3.8, 4) is 5.75 Å². The molecule has 5 heteroatoms. The first kappa shape index (κ1) is 16.8. The smallest absolute Gasteiger partial charge is 0.189 e. The number of nitrogens with two attached hydrogens (primary N) is 1. The van der Waals surface area contributed by atoms with Gasteiger partial charge in [-0.15, -0.1) is 24.0 Å². The maximum Gasteiger partial charge on any atom is 0.189 e. The summed E-state index contributed by atoms with van der Waals surface area (Å²) in [6.45, 7) is 6.92. The molecule has 0 amide bonds. The molecule has 0 heterocycles. The quantitative estimate of drug-likeness (QED) is 0.366. The predicted molar refractivity (Wildman–Crippen MR) is 86.6 cm³/mol. The lowest BCUT2D eigenvalue weighted by Crippen LogP contribution is -2.32. The third-order valence-electron chi connectivity index (χ3n) is 2.16. The number of guanidine groups is 1. The minimum Gasteiger partial charge on any atom is -0.497 e. The molecule has 3 N–H and O–H groups in total. The maximum absolute atomic E-state index is 5.70. The Labute approximate surface area is 125 Å². The van der Waals surface area contributed by atoms with Crippen molar-refractivity contribution >= 4 is 29.9 Å². The normalized spacial score (nSPS) is 10.4. The van der Waals surface area contributed by atoms with E-state index in [4.69, 9.17) is 10.5 Å². The van der Waals surface area contributed by atoms with Gasteiger partial charge in [0.1, 0.15) is 5.75 Å². The molecule has 0 saturated carbocycles. The summed E-state index contributed by atoms with van der Waals surface area (Å²) in [6, 6.07) is 7.74. The molecule has 1 aromatic rings. The maximum atomic E-state index is 5.70. The van der Waals surface area contributed by atoms with E-state index in [1.807, 2.05) is 31.2 Å². The lowest BCUT2D eigenvalue weighted by atomic mass is 10.2. The molecule has 4 nitrogen and oxygen atoms in total. The van der Waals surface area contributed by atoms with Crippen molar-refractivity contribution in [1.82, 2.24) is 5.32 Å². The molecule has 0 aliphatic carbocycles. The Kier molecular flexibility index (Phi) is 8.19. The van der Waals surface area contributed by atoms with E-state index in [0.717, 1.165) is 16.9 Å². The van der Waals surface area contributed by atoms with Gasteiger partial charge in [0.05, 0.1) is 13.7 Å². The van der Waals surface area contributed by atoms with Crippen LogP contribution in [0.1, 0.15) is 12.5 Å². The first-order chi connectivity index (χ1) is 8.11. The van der Waals surface area contributed by atoms with Gasteiger partial charge in [0.15, 0.2) is 5.96 Å². The Morgan fingerprint density at radius 1 is 1.39 bits per heavy atom. The second kappa shape index (κ2) is 8.79. The highest BCUT2D eigenvalue weighted by Crippen LogP contribution is 2.11. The molecule has 1 aromatic carbocycles. The van der Waals surface area contributed by atoms with Crippen LogP contribution in [0, 0.1) is 0 Å². The van der Waals surface area contributed by atoms with Crippen LogP contribution in [-0.4, -0.2) is 19.6 Å². The molecule has 0 fully saturated rings. The summed E-state index contributed by atoms with van der Waals surface area (Å²) in [7, 11) is 1.65. The molecule has 0 aliphatic heterocycles. The molecule has 0 atom stereocenters. The van der Waals surface area contributed by atoms with Crippen molar-refractivity contribution in [2.45, 2.75) is 13.5 Å². The number of halogens is 1. The number of aliphatic imine (C=N–C) groups is 1. The molecule has 1 rings (SSSR count). The largest absolute Gasteiger partial charge is 0.497 e. The number of hydrogen-bond donors (Lipinski definition) is 2. The first-order valence-corrected chi connectivity index (χ1v) is 5.43. The Morgan fingerprint density at radius 3 is 2.50 bits per heavy atom.